The molecule has 0 spiro atoms. The van der Waals surface area contributed by atoms with E-state index in [1.165, 1.54) is 11.1 Å². The molecule has 3 atom stereocenters. The van der Waals surface area contributed by atoms with Crippen molar-refractivity contribution >= 4 is 10.9 Å². The van der Waals surface area contributed by atoms with Gasteiger partial charge >= 0.3 is 0 Å². The Labute approximate surface area is 206 Å². The van der Waals surface area contributed by atoms with Crippen molar-refractivity contribution in [2.45, 2.75) is 56.0 Å². The molecule has 1 aromatic carbocycles. The van der Waals surface area contributed by atoms with Crippen LogP contribution in [0.4, 0.5) is 0 Å². The molecule has 1 N–H and O–H groups in total. The number of benzene rings is 1. The third-order valence-corrected chi connectivity index (χ3v) is 8.32. The van der Waals surface area contributed by atoms with Gasteiger partial charge in [0.1, 0.15) is 0 Å². The molecular formula is C29H32N4O2. The first kappa shape index (κ1) is 22.4. The van der Waals surface area contributed by atoms with Gasteiger partial charge in [-0.25, -0.2) is 4.68 Å². The lowest BCUT2D eigenvalue weighted by molar-refractivity contribution is -0.0899. The predicted octanol–water partition coefficient (Wildman–Crippen LogP) is 4.81. The van der Waals surface area contributed by atoms with Crippen molar-refractivity contribution in [1.82, 2.24) is 19.7 Å². The zero-order chi connectivity index (χ0) is 23.9. The summed E-state index contributed by atoms with van der Waals surface area (Å²) in [5.74, 6) is 0.368. The van der Waals surface area contributed by atoms with Crippen molar-refractivity contribution in [2.24, 2.45) is 5.92 Å². The largest absolute Gasteiger partial charge is 0.387 e. The van der Waals surface area contributed by atoms with Crippen LogP contribution in [0.1, 0.15) is 48.9 Å². The Morgan fingerprint density at radius 1 is 1.11 bits per heavy atom. The van der Waals surface area contributed by atoms with Crippen molar-refractivity contribution in [3.8, 4) is 5.69 Å². The number of hydrogen-bond acceptors (Lipinski definition) is 5. The third kappa shape index (κ3) is 3.95. The lowest BCUT2D eigenvalue weighted by atomic mass is 9.56. The number of nitrogens with zero attached hydrogens (tertiary/aromatic N) is 4. The highest BCUT2D eigenvalue weighted by Gasteiger charge is 2.51. The van der Waals surface area contributed by atoms with E-state index in [0.717, 1.165) is 67.2 Å². The summed E-state index contributed by atoms with van der Waals surface area (Å²) in [7, 11) is 1.69. The van der Waals surface area contributed by atoms with Crippen molar-refractivity contribution in [3.05, 3.63) is 84.1 Å². The molecule has 0 unspecified atom stereocenters. The zero-order valence-corrected chi connectivity index (χ0v) is 20.2. The smallest absolute Gasteiger partial charge is 0.0883 e. The van der Waals surface area contributed by atoms with Crippen LogP contribution in [0.2, 0.25) is 0 Å². The molecule has 180 valence electrons. The molecule has 3 heterocycles. The maximum Gasteiger partial charge on any atom is 0.0883 e. The van der Waals surface area contributed by atoms with E-state index in [1.807, 2.05) is 47.7 Å². The van der Waals surface area contributed by atoms with Crippen molar-refractivity contribution in [2.75, 3.05) is 13.7 Å². The molecule has 4 aromatic rings. The topological polar surface area (TPSA) is 73.1 Å². The summed E-state index contributed by atoms with van der Waals surface area (Å²) >= 11 is 0. The van der Waals surface area contributed by atoms with Gasteiger partial charge in [-0.15, -0.1) is 0 Å². The van der Waals surface area contributed by atoms with Crippen LogP contribution in [-0.2, 0) is 23.0 Å². The van der Waals surface area contributed by atoms with Crippen molar-refractivity contribution in [1.29, 1.82) is 0 Å². The number of pyridine rings is 2. The Hall–Kier alpha value is -3.09. The second-order valence-electron chi connectivity index (χ2n) is 10.4. The minimum Gasteiger partial charge on any atom is -0.387 e. The van der Waals surface area contributed by atoms with Gasteiger partial charge in [-0.05, 0) is 98.4 Å². The van der Waals surface area contributed by atoms with Gasteiger partial charge in [-0.3, -0.25) is 9.97 Å². The van der Waals surface area contributed by atoms with E-state index in [1.54, 1.807) is 7.11 Å². The van der Waals surface area contributed by atoms with Crippen LogP contribution in [0.5, 0.6) is 0 Å². The number of rotatable bonds is 5. The molecule has 2 aliphatic rings. The standard InChI is InChI=1S/C29H32N4O2/c1-35-20-28(34)10-11-29(18-24-7-2-3-12-31-24)23(17-28)6-4-5-21-16-27-22(15-26(21)29)19-32-33(27)25-8-13-30-14-9-25/h2-3,7-9,12-16,19,23,34H,4-6,10-11,17-18,20H2,1H3/t23-,28+,29-/m0/s1. The average molecular weight is 469 g/mol. The molecule has 6 rings (SSSR count). The molecule has 6 nitrogen and oxygen atoms in total. The van der Waals surface area contributed by atoms with Crippen LogP contribution in [0, 0.1) is 5.92 Å². The molecule has 0 radical (unpaired) electrons. The van der Waals surface area contributed by atoms with E-state index < -0.39 is 5.60 Å². The van der Waals surface area contributed by atoms with Crippen LogP contribution >= 0.6 is 0 Å². The molecule has 6 heteroatoms. The molecule has 2 aliphatic carbocycles. The fraction of sp³-hybridized carbons (Fsp3) is 0.414. The van der Waals surface area contributed by atoms with Crippen LogP contribution in [0.3, 0.4) is 0 Å². The first-order chi connectivity index (χ1) is 17.1. The summed E-state index contributed by atoms with van der Waals surface area (Å²) in [6.07, 6.45) is 14.0. The van der Waals surface area contributed by atoms with E-state index in [2.05, 4.69) is 29.2 Å². The van der Waals surface area contributed by atoms with Gasteiger partial charge in [0.05, 0.1) is 29.6 Å². The number of methoxy groups -OCH3 is 1. The first-order valence-electron chi connectivity index (χ1n) is 12.6. The fourth-order valence-corrected chi connectivity index (χ4v) is 6.72. The molecule has 0 amide bonds. The fourth-order valence-electron chi connectivity index (χ4n) is 6.72. The number of ether oxygens (including phenoxy) is 1. The number of fused-ring (bicyclic) bond motifs is 4. The molecule has 0 bridgehead atoms. The molecule has 1 fully saturated rings. The Morgan fingerprint density at radius 2 is 2.00 bits per heavy atom. The molecule has 0 saturated heterocycles. The maximum absolute atomic E-state index is 11.4. The van der Waals surface area contributed by atoms with E-state index in [0.29, 0.717) is 12.5 Å². The molecule has 0 aliphatic heterocycles. The Balaban J connectivity index is 1.50. The van der Waals surface area contributed by atoms with E-state index in [9.17, 15) is 5.11 Å². The molecule has 35 heavy (non-hydrogen) atoms. The minimum absolute atomic E-state index is 0.0624. The summed E-state index contributed by atoms with van der Waals surface area (Å²) < 4.78 is 7.46. The molecular weight excluding hydrogens is 436 g/mol. The number of hydrogen-bond donors (Lipinski definition) is 1. The average Bonchev–Trinajstić information content (AvgIpc) is 3.23. The monoisotopic (exact) mass is 468 g/mol. The normalized spacial score (nSPS) is 26.2. The van der Waals surface area contributed by atoms with Gasteiger partial charge in [0.25, 0.3) is 0 Å². The number of aryl methyl sites for hydroxylation is 1. The molecule has 3 aromatic heterocycles. The van der Waals surface area contributed by atoms with E-state index in [-0.39, 0.29) is 5.41 Å². The van der Waals surface area contributed by atoms with Gasteiger partial charge in [-0.1, -0.05) is 6.07 Å². The highest BCUT2D eigenvalue weighted by Crippen LogP contribution is 2.54. The van der Waals surface area contributed by atoms with Crippen molar-refractivity contribution < 1.29 is 9.84 Å². The summed E-state index contributed by atoms with van der Waals surface area (Å²) in [6.45, 7) is 0.397. The first-order valence-corrected chi connectivity index (χ1v) is 12.6. The Bertz CT molecular complexity index is 1320. The number of aromatic nitrogens is 4. The summed E-state index contributed by atoms with van der Waals surface area (Å²) in [5, 5.41) is 17.3. The maximum atomic E-state index is 11.4. The van der Waals surface area contributed by atoms with Gasteiger partial charge in [0, 0.05) is 42.2 Å². The van der Waals surface area contributed by atoms with Crippen LogP contribution in [0.25, 0.3) is 16.6 Å². The summed E-state index contributed by atoms with van der Waals surface area (Å²) in [5.41, 5.74) is 5.28. The molecule has 1 saturated carbocycles. The minimum atomic E-state index is -0.756. The highest BCUT2D eigenvalue weighted by atomic mass is 16.5. The lowest BCUT2D eigenvalue weighted by Gasteiger charge is -2.50. The van der Waals surface area contributed by atoms with Crippen molar-refractivity contribution in [3.63, 3.8) is 0 Å². The third-order valence-electron chi connectivity index (χ3n) is 8.32. The SMILES string of the molecule is COC[C@@]1(O)CC[C@@]2(Cc3ccccn3)c3cc4cnn(-c5ccncc5)c4cc3CCC[C@H]2C1. The summed E-state index contributed by atoms with van der Waals surface area (Å²) in [4.78, 5) is 8.89. The van der Waals surface area contributed by atoms with E-state index in [4.69, 9.17) is 14.8 Å². The summed E-state index contributed by atoms with van der Waals surface area (Å²) in [6, 6.07) is 14.9. The van der Waals surface area contributed by atoms with E-state index >= 15 is 0 Å². The van der Waals surface area contributed by atoms with Gasteiger partial charge in [-0.2, -0.15) is 5.10 Å². The quantitative estimate of drug-likeness (QED) is 0.455. The number of aliphatic hydroxyl groups is 1. The second-order valence-corrected chi connectivity index (χ2v) is 10.4. The Kier molecular flexibility index (Phi) is 5.66. The predicted molar refractivity (Wildman–Crippen MR) is 136 cm³/mol. The van der Waals surface area contributed by atoms with Gasteiger partial charge < -0.3 is 9.84 Å². The van der Waals surface area contributed by atoms with Crippen LogP contribution < -0.4 is 0 Å². The zero-order valence-electron chi connectivity index (χ0n) is 20.2. The van der Waals surface area contributed by atoms with Gasteiger partial charge in [0.2, 0.25) is 0 Å². The lowest BCUT2D eigenvalue weighted by Crippen LogP contribution is -2.51. The van der Waals surface area contributed by atoms with Gasteiger partial charge in [0.15, 0.2) is 0 Å². The Morgan fingerprint density at radius 3 is 2.80 bits per heavy atom. The van der Waals surface area contributed by atoms with Crippen LogP contribution in [-0.4, -0.2) is 44.2 Å². The second kappa shape index (κ2) is 8.85. The highest BCUT2D eigenvalue weighted by molar-refractivity contribution is 5.82. The van der Waals surface area contributed by atoms with Crippen LogP contribution in [0.15, 0.2) is 67.3 Å².